The van der Waals surface area contributed by atoms with Gasteiger partial charge < -0.3 is 5.11 Å². The molecule has 6 heteroatoms. The summed E-state index contributed by atoms with van der Waals surface area (Å²) in [6.45, 7) is 3.37. The molecule has 0 fully saturated rings. The maximum atomic E-state index is 11.4. The van der Waals surface area contributed by atoms with Gasteiger partial charge in [0.05, 0.1) is 0 Å². The third-order valence-corrected chi connectivity index (χ3v) is 3.36. The third kappa shape index (κ3) is 2.04. The maximum Gasteiger partial charge on any atom is 0.253 e. The highest BCUT2D eigenvalue weighted by Crippen LogP contribution is 2.23. The zero-order valence-electron chi connectivity index (χ0n) is 8.81. The second-order valence-electron chi connectivity index (χ2n) is 3.33. The van der Waals surface area contributed by atoms with Crippen molar-refractivity contribution in [3.8, 4) is 5.88 Å². The number of pyridine rings is 1. The van der Waals surface area contributed by atoms with Crippen molar-refractivity contribution in [3.05, 3.63) is 22.0 Å². The monoisotopic (exact) mass is 231 g/mol. The van der Waals surface area contributed by atoms with Gasteiger partial charge in [-0.05, 0) is 19.4 Å². The van der Waals surface area contributed by atoms with Crippen LogP contribution in [-0.2, 0) is 16.4 Å². The Hall–Kier alpha value is -1.30. The highest BCUT2D eigenvalue weighted by molar-refractivity contribution is 7.90. The molecule has 0 amide bonds. The van der Waals surface area contributed by atoms with Crippen molar-refractivity contribution >= 4 is 9.84 Å². The minimum absolute atomic E-state index is 0.177. The number of hydrogen-bond donors (Lipinski definition) is 1. The van der Waals surface area contributed by atoms with Crippen molar-refractivity contribution in [1.29, 1.82) is 0 Å². The smallest absolute Gasteiger partial charge is 0.253 e. The van der Waals surface area contributed by atoms with Gasteiger partial charge in [0, 0.05) is 18.9 Å². The second-order valence-corrected chi connectivity index (χ2v) is 5.29. The fraction of sp³-hybridized carbons (Fsp3) is 0.444. The number of aryl methyl sites for hydroxylation is 1. The van der Waals surface area contributed by atoms with Crippen LogP contribution in [-0.4, -0.2) is 24.3 Å². The van der Waals surface area contributed by atoms with Crippen LogP contribution in [0.5, 0.6) is 5.88 Å². The Bertz CT molecular complexity index is 542. The van der Waals surface area contributed by atoms with Gasteiger partial charge in [-0.3, -0.25) is 9.36 Å². The van der Waals surface area contributed by atoms with Gasteiger partial charge >= 0.3 is 0 Å². The molecule has 0 unspecified atom stereocenters. The van der Waals surface area contributed by atoms with Crippen LogP contribution in [0.1, 0.15) is 12.5 Å². The van der Waals surface area contributed by atoms with E-state index in [1.807, 2.05) is 0 Å². The summed E-state index contributed by atoms with van der Waals surface area (Å²) in [6.07, 6.45) is 1.000. The molecule has 84 valence electrons. The number of aromatic hydroxyl groups is 1. The van der Waals surface area contributed by atoms with Crippen molar-refractivity contribution in [1.82, 2.24) is 4.57 Å². The lowest BCUT2D eigenvalue weighted by atomic mass is 10.3. The van der Waals surface area contributed by atoms with Crippen molar-refractivity contribution < 1.29 is 13.5 Å². The topological polar surface area (TPSA) is 76.4 Å². The van der Waals surface area contributed by atoms with Gasteiger partial charge in [-0.15, -0.1) is 0 Å². The Morgan fingerprint density at radius 3 is 2.40 bits per heavy atom. The molecule has 1 heterocycles. The van der Waals surface area contributed by atoms with Crippen LogP contribution in [0.25, 0.3) is 0 Å². The summed E-state index contributed by atoms with van der Waals surface area (Å²) in [6, 6.07) is 1.21. The fourth-order valence-electron chi connectivity index (χ4n) is 1.50. The van der Waals surface area contributed by atoms with Crippen LogP contribution >= 0.6 is 0 Å². The number of nitrogens with zero attached hydrogens (tertiary/aromatic N) is 1. The quantitative estimate of drug-likeness (QED) is 0.793. The molecule has 15 heavy (non-hydrogen) atoms. The predicted octanol–water partition coefficient (Wildman–Crippen LogP) is 0.286. The molecule has 1 aromatic rings. The zero-order chi connectivity index (χ0) is 11.8. The number of hydrogen-bond acceptors (Lipinski definition) is 4. The van der Waals surface area contributed by atoms with Crippen LogP contribution in [0.4, 0.5) is 0 Å². The van der Waals surface area contributed by atoms with Gasteiger partial charge in [0.1, 0.15) is 4.90 Å². The summed E-state index contributed by atoms with van der Waals surface area (Å²) in [5.74, 6) is -0.481. The van der Waals surface area contributed by atoms with Gasteiger partial charge in [-0.2, -0.15) is 0 Å². The molecule has 0 aliphatic carbocycles. The van der Waals surface area contributed by atoms with E-state index in [0.717, 1.165) is 10.8 Å². The molecule has 1 rings (SSSR count). The molecule has 0 saturated heterocycles. The molecule has 1 aromatic heterocycles. The molecule has 1 N–H and O–H groups in total. The first-order valence-corrected chi connectivity index (χ1v) is 6.31. The van der Waals surface area contributed by atoms with Crippen LogP contribution in [0.3, 0.4) is 0 Å². The van der Waals surface area contributed by atoms with E-state index in [1.54, 1.807) is 6.92 Å². The van der Waals surface area contributed by atoms with Crippen molar-refractivity contribution in [2.24, 2.45) is 0 Å². The summed E-state index contributed by atoms with van der Waals surface area (Å²) in [5.41, 5.74) is -0.135. The number of rotatable bonds is 2. The lowest BCUT2D eigenvalue weighted by Gasteiger charge is -2.11. The minimum Gasteiger partial charge on any atom is -0.493 e. The van der Waals surface area contributed by atoms with Crippen molar-refractivity contribution in [2.75, 3.05) is 6.26 Å². The van der Waals surface area contributed by atoms with Crippen LogP contribution in [0.2, 0.25) is 0 Å². The van der Waals surface area contributed by atoms with Crippen LogP contribution < -0.4 is 5.56 Å². The average molecular weight is 231 g/mol. The van der Waals surface area contributed by atoms with Crippen LogP contribution in [0.15, 0.2) is 15.8 Å². The molecule has 0 aliphatic heterocycles. The van der Waals surface area contributed by atoms with Crippen LogP contribution in [0, 0.1) is 6.92 Å². The van der Waals surface area contributed by atoms with Gasteiger partial charge in [0.2, 0.25) is 5.88 Å². The standard InChI is InChI=1S/C9H13NO4S/c1-4-10-7(11)5-6(2)8(9(10)12)15(3,13)14/h5,12H,4H2,1-3H3. The summed E-state index contributed by atoms with van der Waals surface area (Å²) in [7, 11) is -3.52. The van der Waals surface area contributed by atoms with E-state index in [4.69, 9.17) is 0 Å². The number of aromatic nitrogens is 1. The van der Waals surface area contributed by atoms with E-state index in [9.17, 15) is 18.3 Å². The summed E-state index contributed by atoms with van der Waals surface area (Å²) in [5, 5.41) is 9.67. The Morgan fingerprint density at radius 1 is 1.47 bits per heavy atom. The van der Waals surface area contributed by atoms with E-state index in [-0.39, 0.29) is 17.0 Å². The second kappa shape index (κ2) is 3.69. The summed E-state index contributed by atoms with van der Waals surface area (Å²) in [4.78, 5) is 11.2. The third-order valence-electron chi connectivity index (χ3n) is 2.11. The molecule has 0 saturated carbocycles. The van der Waals surface area contributed by atoms with E-state index < -0.39 is 21.3 Å². The largest absolute Gasteiger partial charge is 0.493 e. The molecular weight excluding hydrogens is 218 g/mol. The maximum absolute atomic E-state index is 11.4. The van der Waals surface area contributed by atoms with E-state index in [0.29, 0.717) is 0 Å². The molecule has 0 aromatic carbocycles. The molecular formula is C9H13NO4S. The lowest BCUT2D eigenvalue weighted by Crippen LogP contribution is -2.21. The molecule has 5 nitrogen and oxygen atoms in total. The highest BCUT2D eigenvalue weighted by Gasteiger charge is 2.20. The fourth-order valence-corrected chi connectivity index (χ4v) is 2.58. The molecule has 0 spiro atoms. The molecule has 0 aliphatic rings. The van der Waals surface area contributed by atoms with Gasteiger partial charge in [0.25, 0.3) is 5.56 Å². The van der Waals surface area contributed by atoms with Gasteiger partial charge in [-0.1, -0.05) is 0 Å². The molecule has 0 radical (unpaired) electrons. The predicted molar refractivity (Wildman–Crippen MR) is 55.9 cm³/mol. The van der Waals surface area contributed by atoms with E-state index in [2.05, 4.69) is 0 Å². The SMILES string of the molecule is CCn1c(O)c(S(C)(=O)=O)c(C)cc1=O. The molecule has 0 atom stereocenters. The lowest BCUT2D eigenvalue weighted by molar-refractivity contribution is 0.394. The first-order chi connectivity index (χ1) is 6.79. The van der Waals surface area contributed by atoms with E-state index in [1.165, 1.54) is 13.0 Å². The first-order valence-electron chi connectivity index (χ1n) is 4.42. The van der Waals surface area contributed by atoms with E-state index >= 15 is 0 Å². The van der Waals surface area contributed by atoms with Gasteiger partial charge in [0.15, 0.2) is 9.84 Å². The number of sulfone groups is 1. The minimum atomic E-state index is -3.52. The van der Waals surface area contributed by atoms with Crippen molar-refractivity contribution in [3.63, 3.8) is 0 Å². The van der Waals surface area contributed by atoms with Gasteiger partial charge in [-0.25, -0.2) is 8.42 Å². The average Bonchev–Trinajstić information content (AvgIpc) is 2.00. The molecule has 0 bridgehead atoms. The Kier molecular flexibility index (Phi) is 2.90. The Morgan fingerprint density at radius 2 is 2.00 bits per heavy atom. The highest BCUT2D eigenvalue weighted by atomic mass is 32.2. The zero-order valence-corrected chi connectivity index (χ0v) is 9.63. The normalized spacial score (nSPS) is 11.7. The Labute approximate surface area is 87.9 Å². The summed E-state index contributed by atoms with van der Waals surface area (Å²) >= 11 is 0. The summed E-state index contributed by atoms with van der Waals surface area (Å²) < 4.78 is 23.8. The first kappa shape index (κ1) is 11.8. The van der Waals surface area contributed by atoms with Crippen molar-refractivity contribution in [2.45, 2.75) is 25.3 Å². The Balaban J connectivity index is 3.76.